The molecule has 0 radical (unpaired) electrons. The number of aromatic nitrogens is 2. The molecule has 1 rings (SSSR count). The number of aryl methyl sites for hydroxylation is 1. The average Bonchev–Trinajstić information content (AvgIpc) is 3.15. The van der Waals surface area contributed by atoms with E-state index in [1.807, 2.05) is 39.8 Å². The van der Waals surface area contributed by atoms with E-state index < -0.39 is 0 Å². The SMILES string of the molecule is C=C/C(=C\C=C/C)NC(=O)C(CCCCCC(=O)OCC)c1nc(C)ns1.CC. The first-order valence-corrected chi connectivity index (χ1v) is 11.0. The van der Waals surface area contributed by atoms with Gasteiger partial charge < -0.3 is 10.1 Å². The smallest absolute Gasteiger partial charge is 0.305 e. The van der Waals surface area contributed by atoms with E-state index in [0.717, 1.165) is 19.3 Å². The highest BCUT2D eigenvalue weighted by Crippen LogP contribution is 2.25. The number of nitrogens with zero attached hydrogens (tertiary/aromatic N) is 2. The van der Waals surface area contributed by atoms with Crippen molar-refractivity contribution in [3.05, 3.63) is 47.4 Å². The van der Waals surface area contributed by atoms with Crippen molar-refractivity contribution in [2.75, 3.05) is 6.61 Å². The fourth-order valence-corrected chi connectivity index (χ4v) is 3.23. The second-order valence-electron chi connectivity index (χ2n) is 5.98. The summed E-state index contributed by atoms with van der Waals surface area (Å²) in [4.78, 5) is 28.6. The number of carbonyl (C=O) groups excluding carboxylic acids is 2. The topological polar surface area (TPSA) is 81.2 Å². The molecule has 0 aliphatic rings. The molecule has 1 atom stereocenters. The highest BCUT2D eigenvalue weighted by molar-refractivity contribution is 7.05. The molecule has 162 valence electrons. The molecule has 1 heterocycles. The molecule has 0 bridgehead atoms. The molecule has 0 aliphatic carbocycles. The maximum atomic E-state index is 12.8. The van der Waals surface area contributed by atoms with Crippen molar-refractivity contribution in [3.8, 4) is 0 Å². The quantitative estimate of drug-likeness (QED) is 0.284. The Balaban J connectivity index is 0.00000379. The Morgan fingerprint density at radius 1 is 1.28 bits per heavy atom. The molecule has 0 aliphatic heterocycles. The molecule has 0 spiro atoms. The largest absolute Gasteiger partial charge is 0.466 e. The minimum Gasteiger partial charge on any atom is -0.466 e. The maximum absolute atomic E-state index is 12.8. The summed E-state index contributed by atoms with van der Waals surface area (Å²) < 4.78 is 9.13. The fourth-order valence-electron chi connectivity index (χ4n) is 2.44. The number of ether oxygens (including phenoxy) is 1. The number of hydrogen-bond acceptors (Lipinski definition) is 6. The zero-order chi connectivity index (χ0) is 22.1. The van der Waals surface area contributed by atoms with Gasteiger partial charge in [0, 0.05) is 12.1 Å². The summed E-state index contributed by atoms with van der Waals surface area (Å²) in [5.74, 6) is 0.0136. The van der Waals surface area contributed by atoms with Crippen LogP contribution in [0, 0.1) is 6.92 Å². The van der Waals surface area contributed by atoms with Gasteiger partial charge in [0.1, 0.15) is 10.8 Å². The van der Waals surface area contributed by atoms with Crippen molar-refractivity contribution in [1.29, 1.82) is 0 Å². The third-order valence-electron chi connectivity index (χ3n) is 3.79. The van der Waals surface area contributed by atoms with E-state index in [1.54, 1.807) is 19.1 Å². The molecular formula is C22H35N3O3S. The zero-order valence-electron chi connectivity index (χ0n) is 18.4. The Bertz CT molecular complexity index is 681. The van der Waals surface area contributed by atoms with Crippen LogP contribution in [0.2, 0.25) is 0 Å². The van der Waals surface area contributed by atoms with Gasteiger partial charge in [-0.1, -0.05) is 45.4 Å². The van der Waals surface area contributed by atoms with Crippen molar-refractivity contribution < 1.29 is 14.3 Å². The summed E-state index contributed by atoms with van der Waals surface area (Å²) in [6, 6.07) is 0. The molecule has 1 aromatic rings. The predicted molar refractivity (Wildman–Crippen MR) is 120 cm³/mol. The summed E-state index contributed by atoms with van der Waals surface area (Å²) in [6.45, 7) is 13.7. The minimum absolute atomic E-state index is 0.118. The van der Waals surface area contributed by atoms with E-state index in [4.69, 9.17) is 4.74 Å². The summed E-state index contributed by atoms with van der Waals surface area (Å²) in [6.07, 6.45) is 10.6. The maximum Gasteiger partial charge on any atom is 0.305 e. The highest BCUT2D eigenvalue weighted by Gasteiger charge is 2.24. The number of unbranched alkanes of at least 4 members (excludes halogenated alkanes) is 2. The third kappa shape index (κ3) is 11.3. The molecule has 1 N–H and O–H groups in total. The second-order valence-corrected chi connectivity index (χ2v) is 6.76. The molecule has 0 saturated carbocycles. The van der Waals surface area contributed by atoms with Crippen LogP contribution in [0.25, 0.3) is 0 Å². The van der Waals surface area contributed by atoms with Crippen molar-refractivity contribution in [2.45, 2.75) is 72.6 Å². The Morgan fingerprint density at radius 2 is 2.00 bits per heavy atom. The van der Waals surface area contributed by atoms with Crippen LogP contribution in [0.4, 0.5) is 0 Å². The standard InChI is InChI=1S/C20H29N3O3S.C2H6/c1-5-8-12-16(6-2)22-19(25)17(20-21-15(4)23-27-20)13-10-9-11-14-18(24)26-7-3;1-2/h5-6,8,12,17H,2,7,9-11,13-14H2,1,3-4H3,(H,22,25);1-2H3/b8-5-,16-12+;. The molecule has 0 fully saturated rings. The van der Waals surface area contributed by atoms with E-state index in [-0.39, 0.29) is 17.8 Å². The van der Waals surface area contributed by atoms with E-state index >= 15 is 0 Å². The number of amides is 1. The fraction of sp³-hybridized carbons (Fsp3) is 0.545. The lowest BCUT2D eigenvalue weighted by atomic mass is 10.00. The normalized spacial score (nSPS) is 12.1. The molecule has 1 amide bonds. The molecule has 1 unspecified atom stereocenters. The monoisotopic (exact) mass is 421 g/mol. The number of nitrogens with one attached hydrogen (secondary N) is 1. The van der Waals surface area contributed by atoms with Gasteiger partial charge in [0.05, 0.1) is 12.5 Å². The third-order valence-corrected chi connectivity index (χ3v) is 4.71. The van der Waals surface area contributed by atoms with Gasteiger partial charge in [0.25, 0.3) is 0 Å². The highest BCUT2D eigenvalue weighted by atomic mass is 32.1. The lowest BCUT2D eigenvalue weighted by Crippen LogP contribution is -2.28. The number of carbonyl (C=O) groups is 2. The first kappa shape index (κ1) is 26.7. The molecule has 29 heavy (non-hydrogen) atoms. The van der Waals surface area contributed by atoms with Crippen LogP contribution >= 0.6 is 11.5 Å². The Hall–Kier alpha value is -2.28. The Kier molecular flexibility index (Phi) is 15.3. The van der Waals surface area contributed by atoms with Gasteiger partial charge in [-0.15, -0.1) is 0 Å². The van der Waals surface area contributed by atoms with Gasteiger partial charge in [0.15, 0.2) is 0 Å². The van der Waals surface area contributed by atoms with Crippen LogP contribution in [-0.2, 0) is 14.3 Å². The van der Waals surface area contributed by atoms with Crippen molar-refractivity contribution in [3.63, 3.8) is 0 Å². The van der Waals surface area contributed by atoms with Gasteiger partial charge in [-0.05, 0) is 57.3 Å². The molecular weight excluding hydrogens is 386 g/mol. The van der Waals surface area contributed by atoms with Gasteiger partial charge >= 0.3 is 5.97 Å². The predicted octanol–water partition coefficient (Wildman–Crippen LogP) is 5.23. The van der Waals surface area contributed by atoms with Crippen LogP contribution in [-0.4, -0.2) is 27.8 Å². The summed E-state index contributed by atoms with van der Waals surface area (Å²) >= 11 is 1.26. The van der Waals surface area contributed by atoms with E-state index in [2.05, 4.69) is 21.3 Å². The molecule has 6 nitrogen and oxygen atoms in total. The first-order valence-electron chi connectivity index (χ1n) is 10.2. The van der Waals surface area contributed by atoms with Crippen LogP contribution in [0.5, 0.6) is 0 Å². The zero-order valence-corrected chi connectivity index (χ0v) is 19.2. The number of allylic oxidation sites excluding steroid dienone is 4. The van der Waals surface area contributed by atoms with E-state index in [9.17, 15) is 9.59 Å². The second kappa shape index (κ2) is 16.7. The van der Waals surface area contributed by atoms with Gasteiger partial charge in [-0.25, -0.2) is 4.98 Å². The van der Waals surface area contributed by atoms with Gasteiger partial charge in [-0.2, -0.15) is 4.37 Å². The lowest BCUT2D eigenvalue weighted by molar-refractivity contribution is -0.143. The lowest BCUT2D eigenvalue weighted by Gasteiger charge is -2.14. The van der Waals surface area contributed by atoms with Crippen LogP contribution < -0.4 is 5.32 Å². The van der Waals surface area contributed by atoms with Crippen molar-refractivity contribution in [1.82, 2.24) is 14.7 Å². The van der Waals surface area contributed by atoms with Gasteiger partial charge in [0.2, 0.25) is 5.91 Å². The first-order chi connectivity index (χ1) is 14.0. The molecule has 1 aromatic heterocycles. The molecule has 7 heteroatoms. The summed E-state index contributed by atoms with van der Waals surface area (Å²) in [5.41, 5.74) is 0.645. The van der Waals surface area contributed by atoms with Crippen LogP contribution in [0.1, 0.15) is 76.5 Å². The average molecular weight is 422 g/mol. The summed E-state index contributed by atoms with van der Waals surface area (Å²) in [5, 5.41) is 3.62. The van der Waals surface area contributed by atoms with E-state index in [1.165, 1.54) is 11.5 Å². The van der Waals surface area contributed by atoms with Crippen molar-refractivity contribution in [2.24, 2.45) is 0 Å². The van der Waals surface area contributed by atoms with Crippen LogP contribution in [0.15, 0.2) is 36.6 Å². The number of hydrogen-bond donors (Lipinski definition) is 1. The Morgan fingerprint density at radius 3 is 2.55 bits per heavy atom. The van der Waals surface area contributed by atoms with Crippen molar-refractivity contribution >= 4 is 23.4 Å². The minimum atomic E-state index is -0.368. The summed E-state index contributed by atoms with van der Waals surface area (Å²) in [7, 11) is 0. The number of rotatable bonds is 12. The number of esters is 1. The van der Waals surface area contributed by atoms with Gasteiger partial charge in [-0.3, -0.25) is 9.59 Å². The molecule has 0 saturated heterocycles. The molecule has 0 aromatic carbocycles. The van der Waals surface area contributed by atoms with E-state index in [0.29, 0.717) is 36.0 Å². The Labute approximate surface area is 179 Å². The van der Waals surface area contributed by atoms with Crippen LogP contribution in [0.3, 0.4) is 0 Å².